The predicted molar refractivity (Wildman–Crippen MR) is 117 cm³/mol. The molecule has 34 heavy (non-hydrogen) atoms. The van der Waals surface area contributed by atoms with Gasteiger partial charge in [-0.1, -0.05) is 11.6 Å². The molecule has 0 atom stereocenters. The van der Waals surface area contributed by atoms with Gasteiger partial charge in [0.2, 0.25) is 0 Å². The van der Waals surface area contributed by atoms with Crippen molar-refractivity contribution in [2.45, 2.75) is 44.7 Å². The molecule has 0 bridgehead atoms. The fourth-order valence-corrected chi connectivity index (χ4v) is 4.67. The average molecular weight is 489 g/mol. The smallest absolute Gasteiger partial charge is 0.293 e. The molecule has 3 aromatic rings. The summed E-state index contributed by atoms with van der Waals surface area (Å²) in [5, 5.41) is 15.1. The number of hydrogen-bond acceptors (Lipinski definition) is 5. The first-order chi connectivity index (χ1) is 16.2. The molecule has 1 saturated carbocycles. The molecule has 1 aliphatic carbocycles. The van der Waals surface area contributed by atoms with E-state index in [1.54, 1.807) is 11.5 Å². The molecule has 3 N–H and O–H groups in total. The fraction of sp³-hybridized carbons (Fsp3) is 0.318. The minimum absolute atomic E-state index is 0.140. The van der Waals surface area contributed by atoms with E-state index in [-0.39, 0.29) is 22.0 Å². The topological polar surface area (TPSA) is 122 Å². The number of rotatable bonds is 6. The third kappa shape index (κ3) is 3.56. The number of amides is 2. The van der Waals surface area contributed by atoms with Crippen molar-refractivity contribution in [2.24, 2.45) is 0 Å². The molecular weight excluding hydrogens is 470 g/mol. The van der Waals surface area contributed by atoms with Crippen LogP contribution < -0.4 is 10.6 Å². The van der Waals surface area contributed by atoms with Crippen molar-refractivity contribution in [2.75, 3.05) is 5.32 Å². The largest absolute Gasteiger partial charge is 0.340 e. The number of nitrogens with zero attached hydrogens (tertiary/aromatic N) is 3. The summed E-state index contributed by atoms with van der Waals surface area (Å²) in [6.07, 6.45) is 3.95. The molecule has 2 aliphatic rings. The number of ketones is 1. The number of carbonyl (C=O) groups is 3. The van der Waals surface area contributed by atoms with Gasteiger partial charge in [-0.3, -0.25) is 14.4 Å². The molecule has 12 heteroatoms. The summed E-state index contributed by atoms with van der Waals surface area (Å²) < 4.78 is 29.3. The van der Waals surface area contributed by atoms with Gasteiger partial charge in [0.25, 0.3) is 17.6 Å². The van der Waals surface area contributed by atoms with Gasteiger partial charge in [0.05, 0.1) is 28.0 Å². The molecule has 9 nitrogen and oxygen atoms in total. The Kier molecular flexibility index (Phi) is 5.23. The summed E-state index contributed by atoms with van der Waals surface area (Å²) >= 11 is 5.72. The first-order valence-corrected chi connectivity index (χ1v) is 11.0. The van der Waals surface area contributed by atoms with Crippen LogP contribution >= 0.6 is 11.6 Å². The zero-order chi connectivity index (χ0) is 24.2. The van der Waals surface area contributed by atoms with Crippen molar-refractivity contribution >= 4 is 34.9 Å². The van der Waals surface area contributed by atoms with Crippen LogP contribution in [0.15, 0.2) is 18.3 Å². The fourth-order valence-electron chi connectivity index (χ4n) is 4.50. The van der Waals surface area contributed by atoms with Crippen LogP contribution in [0.25, 0.3) is 0 Å². The van der Waals surface area contributed by atoms with Crippen LogP contribution in [0.4, 0.5) is 14.5 Å². The second-order valence-electron chi connectivity index (χ2n) is 8.47. The van der Waals surface area contributed by atoms with Gasteiger partial charge >= 0.3 is 0 Å². The van der Waals surface area contributed by atoms with Gasteiger partial charge in [-0.15, -0.1) is 0 Å². The number of nitrogens with one attached hydrogen (secondary N) is 3. The molecule has 3 heterocycles. The minimum atomic E-state index is -0.987. The number of anilines is 1. The zero-order valence-electron chi connectivity index (χ0n) is 18.0. The van der Waals surface area contributed by atoms with Crippen molar-refractivity contribution in [3.8, 4) is 0 Å². The van der Waals surface area contributed by atoms with E-state index in [0.717, 1.165) is 6.07 Å². The van der Waals surface area contributed by atoms with E-state index in [1.165, 1.54) is 6.20 Å². The molecule has 1 fully saturated rings. The Labute approximate surface area is 196 Å². The molecule has 0 saturated heterocycles. The van der Waals surface area contributed by atoms with Crippen molar-refractivity contribution in [1.29, 1.82) is 0 Å². The highest BCUT2D eigenvalue weighted by Crippen LogP contribution is 2.44. The Balaban J connectivity index is 1.44. The maximum Gasteiger partial charge on any atom is 0.293 e. The number of hydrogen-bond donors (Lipinski definition) is 3. The van der Waals surface area contributed by atoms with E-state index in [2.05, 4.69) is 26.0 Å². The number of H-pyrrole nitrogens is 1. The molecule has 1 aliphatic heterocycles. The average Bonchev–Trinajstić information content (AvgIpc) is 3.14. The molecule has 1 aromatic carbocycles. The summed E-state index contributed by atoms with van der Waals surface area (Å²) in [5.41, 5.74) is 0.718. The highest BCUT2D eigenvalue weighted by Gasteiger charge is 2.49. The normalized spacial score (nSPS) is 15.6. The molecule has 0 unspecified atom stereocenters. The third-order valence-corrected chi connectivity index (χ3v) is 6.61. The number of carbonyl (C=O) groups excluding carboxylic acids is 3. The molecule has 2 amide bonds. The van der Waals surface area contributed by atoms with Gasteiger partial charge in [-0.05, 0) is 44.2 Å². The summed E-state index contributed by atoms with van der Waals surface area (Å²) in [6, 6.07) is 1.56. The second-order valence-corrected chi connectivity index (χ2v) is 8.88. The first-order valence-electron chi connectivity index (χ1n) is 10.6. The maximum absolute atomic E-state index is 14.2. The second kappa shape index (κ2) is 8.01. The van der Waals surface area contributed by atoms with Crippen molar-refractivity contribution in [3.63, 3.8) is 0 Å². The maximum atomic E-state index is 14.2. The summed E-state index contributed by atoms with van der Waals surface area (Å²) in [6.45, 7) is 2.03. The standard InChI is InChI=1S/C22H19ClF2N6O3/c1-10-17(19(32)21(34)28-22(4-5-22)16-9-26-30-29-16)15-3-2-6-31(15)18(10)20(33)27-14-7-11(23)12(24)8-13(14)25/h7-9H,2-6H2,1H3,(H,27,33)(H,28,34)(H,26,29,30). The van der Waals surface area contributed by atoms with Gasteiger partial charge in [0.1, 0.15) is 23.0 Å². The molecule has 2 aromatic heterocycles. The minimum Gasteiger partial charge on any atom is -0.340 e. The summed E-state index contributed by atoms with van der Waals surface area (Å²) in [5.74, 6) is -4.18. The quantitative estimate of drug-likeness (QED) is 0.280. The Hall–Kier alpha value is -3.60. The lowest BCUT2D eigenvalue weighted by Crippen LogP contribution is -2.40. The van der Waals surface area contributed by atoms with Gasteiger partial charge in [0.15, 0.2) is 0 Å². The first kappa shape index (κ1) is 22.2. The third-order valence-electron chi connectivity index (χ3n) is 6.32. The van der Waals surface area contributed by atoms with Crippen LogP contribution in [0.1, 0.15) is 57.1 Å². The molecule has 176 valence electrons. The van der Waals surface area contributed by atoms with Gasteiger partial charge < -0.3 is 15.2 Å². The Morgan fingerprint density at radius 3 is 2.65 bits per heavy atom. The van der Waals surface area contributed by atoms with Crippen LogP contribution in [-0.2, 0) is 23.3 Å². The van der Waals surface area contributed by atoms with Crippen molar-refractivity contribution in [1.82, 2.24) is 25.3 Å². The highest BCUT2D eigenvalue weighted by atomic mass is 35.5. The monoisotopic (exact) mass is 488 g/mol. The van der Waals surface area contributed by atoms with Gasteiger partial charge in [0, 0.05) is 18.3 Å². The van der Waals surface area contributed by atoms with E-state index < -0.39 is 34.8 Å². The molecular formula is C22H19ClF2N6O3. The number of aromatic nitrogens is 4. The Morgan fingerprint density at radius 1 is 1.21 bits per heavy atom. The van der Waals surface area contributed by atoms with E-state index in [0.29, 0.717) is 55.2 Å². The van der Waals surface area contributed by atoms with Crippen LogP contribution in [0.2, 0.25) is 5.02 Å². The van der Waals surface area contributed by atoms with Crippen LogP contribution in [0.3, 0.4) is 0 Å². The Morgan fingerprint density at radius 2 is 1.97 bits per heavy atom. The zero-order valence-corrected chi connectivity index (χ0v) is 18.7. The lowest BCUT2D eigenvalue weighted by Gasteiger charge is -2.14. The van der Waals surface area contributed by atoms with E-state index in [4.69, 9.17) is 11.6 Å². The molecule has 0 radical (unpaired) electrons. The molecule has 5 rings (SSSR count). The van der Waals surface area contributed by atoms with Gasteiger partial charge in [-0.2, -0.15) is 15.4 Å². The highest BCUT2D eigenvalue weighted by molar-refractivity contribution is 6.44. The number of benzene rings is 1. The van der Waals surface area contributed by atoms with Gasteiger partial charge in [-0.25, -0.2) is 8.78 Å². The number of halogens is 3. The number of aromatic amines is 1. The Bertz CT molecular complexity index is 1350. The van der Waals surface area contributed by atoms with Crippen LogP contribution in [0.5, 0.6) is 0 Å². The lowest BCUT2D eigenvalue weighted by molar-refractivity contribution is -0.118. The lowest BCUT2D eigenvalue weighted by atomic mass is 10.0. The number of fused-ring (bicyclic) bond motifs is 1. The van der Waals surface area contributed by atoms with Crippen LogP contribution in [0, 0.1) is 18.6 Å². The summed E-state index contributed by atoms with van der Waals surface area (Å²) in [4.78, 5) is 39.2. The predicted octanol–water partition coefficient (Wildman–Crippen LogP) is 3.03. The summed E-state index contributed by atoms with van der Waals surface area (Å²) in [7, 11) is 0. The van der Waals surface area contributed by atoms with E-state index >= 15 is 0 Å². The van der Waals surface area contributed by atoms with E-state index in [1.807, 2.05) is 0 Å². The van der Waals surface area contributed by atoms with Crippen molar-refractivity contribution < 1.29 is 23.2 Å². The van der Waals surface area contributed by atoms with E-state index in [9.17, 15) is 23.2 Å². The van der Waals surface area contributed by atoms with Crippen LogP contribution in [-0.4, -0.2) is 37.6 Å². The van der Waals surface area contributed by atoms with Crippen molar-refractivity contribution in [3.05, 3.63) is 63.2 Å². The SMILES string of the molecule is Cc1c(C(=O)C(=O)NC2(c3cn[nH]n3)CC2)c2n(c1C(=O)Nc1cc(Cl)c(F)cc1F)CCC2. The number of Topliss-reactive ketones (excluding diaryl/α,β-unsaturated/α-hetero) is 1. The molecule has 0 spiro atoms.